The fraction of sp³-hybridized carbons (Fsp3) is 0.273. The topological polar surface area (TPSA) is 62.2 Å². The Morgan fingerprint density at radius 1 is 1.50 bits per heavy atom. The van der Waals surface area contributed by atoms with Gasteiger partial charge in [0.05, 0.1) is 11.1 Å². The Kier molecular flexibility index (Phi) is 4.68. The summed E-state index contributed by atoms with van der Waals surface area (Å²) in [5, 5.41) is 10.3. The van der Waals surface area contributed by atoms with Gasteiger partial charge in [-0.3, -0.25) is 9.78 Å². The van der Waals surface area contributed by atoms with Gasteiger partial charge < -0.3 is 10.4 Å². The van der Waals surface area contributed by atoms with Crippen LogP contribution in [0.4, 0.5) is 13.2 Å². The molecule has 96 valence electrons. The highest BCUT2D eigenvalue weighted by Crippen LogP contribution is 2.13. The first-order chi connectivity index (χ1) is 8.44. The number of aliphatic hydroxyl groups is 1. The van der Waals surface area contributed by atoms with Gasteiger partial charge in [0, 0.05) is 12.4 Å². The highest BCUT2D eigenvalue weighted by molar-refractivity contribution is 5.96. The van der Waals surface area contributed by atoms with Crippen LogP contribution >= 0.6 is 0 Å². The highest BCUT2D eigenvalue weighted by atomic mass is 19.4. The maximum absolute atomic E-state index is 11.9. The van der Waals surface area contributed by atoms with Crippen LogP contribution in [0.3, 0.4) is 0 Å². The van der Waals surface area contributed by atoms with Gasteiger partial charge in [-0.1, -0.05) is 11.8 Å². The van der Waals surface area contributed by atoms with Gasteiger partial charge in [0.25, 0.3) is 5.91 Å². The predicted molar refractivity (Wildman–Crippen MR) is 56.6 cm³/mol. The first-order valence-corrected chi connectivity index (χ1v) is 4.83. The van der Waals surface area contributed by atoms with Crippen LogP contribution < -0.4 is 5.32 Å². The summed E-state index contributed by atoms with van der Waals surface area (Å²) in [6, 6.07) is 1.26. The summed E-state index contributed by atoms with van der Waals surface area (Å²) >= 11 is 0. The molecule has 7 heteroatoms. The molecule has 4 nitrogen and oxygen atoms in total. The maximum Gasteiger partial charge on any atom is 0.405 e. The number of pyridine rings is 1. The van der Waals surface area contributed by atoms with Crippen molar-refractivity contribution in [3.8, 4) is 11.8 Å². The molecule has 18 heavy (non-hydrogen) atoms. The lowest BCUT2D eigenvalue weighted by molar-refractivity contribution is -0.123. The van der Waals surface area contributed by atoms with Crippen molar-refractivity contribution in [1.82, 2.24) is 10.3 Å². The zero-order valence-corrected chi connectivity index (χ0v) is 9.08. The summed E-state index contributed by atoms with van der Waals surface area (Å²) in [4.78, 5) is 15.2. The minimum Gasteiger partial charge on any atom is -0.384 e. The average molecular weight is 258 g/mol. The van der Waals surface area contributed by atoms with E-state index in [0.29, 0.717) is 0 Å². The van der Waals surface area contributed by atoms with Gasteiger partial charge in [-0.05, 0) is 6.07 Å². The van der Waals surface area contributed by atoms with E-state index in [-0.39, 0.29) is 11.1 Å². The molecule has 0 fully saturated rings. The Bertz CT molecular complexity index is 489. The van der Waals surface area contributed by atoms with Crippen molar-refractivity contribution in [2.75, 3.05) is 13.2 Å². The quantitative estimate of drug-likeness (QED) is 0.768. The summed E-state index contributed by atoms with van der Waals surface area (Å²) in [5.41, 5.74) is 0.140. The Morgan fingerprint density at radius 3 is 2.83 bits per heavy atom. The van der Waals surface area contributed by atoms with Crippen molar-refractivity contribution in [2.24, 2.45) is 0 Å². The molecule has 0 spiro atoms. The zero-order chi connectivity index (χ0) is 13.6. The molecule has 0 unspecified atom stereocenters. The predicted octanol–water partition coefficient (Wildman–Crippen LogP) is 0.718. The Balaban J connectivity index is 2.85. The monoisotopic (exact) mass is 258 g/mol. The van der Waals surface area contributed by atoms with Crippen LogP contribution in [0.25, 0.3) is 0 Å². The number of nitrogens with zero attached hydrogens (tertiary/aromatic N) is 1. The van der Waals surface area contributed by atoms with Gasteiger partial charge in [0.15, 0.2) is 0 Å². The van der Waals surface area contributed by atoms with Crippen molar-refractivity contribution in [2.45, 2.75) is 6.18 Å². The molecule has 2 N–H and O–H groups in total. The number of aliphatic hydroxyl groups excluding tert-OH is 1. The SMILES string of the molecule is O=C(NCC(F)(F)F)c1ccncc1C#CCO. The van der Waals surface area contributed by atoms with E-state index in [2.05, 4.69) is 16.8 Å². The number of alkyl halides is 3. The third-order valence-corrected chi connectivity index (χ3v) is 1.82. The Morgan fingerprint density at radius 2 is 2.22 bits per heavy atom. The summed E-state index contributed by atoms with van der Waals surface area (Å²) in [6.45, 7) is -1.83. The second kappa shape index (κ2) is 6.02. The van der Waals surface area contributed by atoms with E-state index >= 15 is 0 Å². The second-order valence-electron chi connectivity index (χ2n) is 3.18. The molecule has 0 atom stereocenters. The number of aromatic nitrogens is 1. The number of rotatable bonds is 2. The molecule has 1 aromatic heterocycles. The fourth-order valence-electron chi connectivity index (χ4n) is 1.10. The molecule has 0 bridgehead atoms. The van der Waals surface area contributed by atoms with E-state index < -0.39 is 25.2 Å². The van der Waals surface area contributed by atoms with Crippen molar-refractivity contribution >= 4 is 5.91 Å². The third-order valence-electron chi connectivity index (χ3n) is 1.82. The lowest BCUT2D eigenvalue weighted by Gasteiger charge is -2.09. The van der Waals surface area contributed by atoms with Crippen molar-refractivity contribution in [3.05, 3.63) is 29.6 Å². The molecule has 1 rings (SSSR count). The van der Waals surface area contributed by atoms with E-state index in [4.69, 9.17) is 5.11 Å². The normalized spacial score (nSPS) is 10.4. The molecule has 1 amide bonds. The molecule has 1 aromatic rings. The molecule has 1 heterocycles. The molecular formula is C11H9F3N2O2. The second-order valence-corrected chi connectivity index (χ2v) is 3.18. The summed E-state index contributed by atoms with van der Waals surface area (Å²) in [7, 11) is 0. The first-order valence-electron chi connectivity index (χ1n) is 4.83. The van der Waals surface area contributed by atoms with E-state index in [9.17, 15) is 18.0 Å². The Hall–Kier alpha value is -2.07. The van der Waals surface area contributed by atoms with E-state index in [1.54, 1.807) is 5.32 Å². The standard InChI is InChI=1S/C11H9F3N2O2/c12-11(13,14)7-16-10(18)9-3-4-15-6-8(9)2-1-5-17/h3-4,6,17H,5,7H2,(H,16,18). The van der Waals surface area contributed by atoms with Crippen LogP contribution in [0.1, 0.15) is 15.9 Å². The summed E-state index contributed by atoms with van der Waals surface area (Å²) < 4.78 is 35.8. The minimum atomic E-state index is -4.47. The maximum atomic E-state index is 11.9. The van der Waals surface area contributed by atoms with Gasteiger partial charge in [-0.15, -0.1) is 0 Å². The lowest BCUT2D eigenvalue weighted by Crippen LogP contribution is -2.34. The Labute approximate surface area is 101 Å². The van der Waals surface area contributed by atoms with Crippen molar-refractivity contribution in [1.29, 1.82) is 0 Å². The van der Waals surface area contributed by atoms with E-state index in [1.165, 1.54) is 18.5 Å². The van der Waals surface area contributed by atoms with E-state index in [1.807, 2.05) is 0 Å². The number of halogens is 3. The van der Waals surface area contributed by atoms with Gasteiger partial charge in [0.1, 0.15) is 13.2 Å². The van der Waals surface area contributed by atoms with Gasteiger partial charge in [-0.25, -0.2) is 0 Å². The summed E-state index contributed by atoms with van der Waals surface area (Å²) in [6.07, 6.45) is -1.96. The van der Waals surface area contributed by atoms with Crippen LogP contribution in [-0.4, -0.2) is 35.3 Å². The number of carbonyl (C=O) groups is 1. The van der Waals surface area contributed by atoms with Gasteiger partial charge in [-0.2, -0.15) is 13.2 Å². The number of nitrogens with one attached hydrogen (secondary N) is 1. The number of amides is 1. The molecule has 0 aliphatic carbocycles. The van der Waals surface area contributed by atoms with Gasteiger partial charge in [0.2, 0.25) is 0 Å². The van der Waals surface area contributed by atoms with Crippen LogP contribution in [0.5, 0.6) is 0 Å². The largest absolute Gasteiger partial charge is 0.405 e. The number of hydrogen-bond donors (Lipinski definition) is 2. The van der Waals surface area contributed by atoms with Gasteiger partial charge >= 0.3 is 6.18 Å². The minimum absolute atomic E-state index is 0.0183. The van der Waals surface area contributed by atoms with Crippen LogP contribution in [-0.2, 0) is 0 Å². The first kappa shape index (κ1) is 14.0. The molecule has 0 aliphatic rings. The summed E-state index contributed by atoms with van der Waals surface area (Å²) in [5.74, 6) is 3.84. The zero-order valence-electron chi connectivity index (χ0n) is 9.08. The molecule has 0 saturated carbocycles. The molecule has 0 radical (unpaired) electrons. The van der Waals surface area contributed by atoms with Crippen molar-refractivity contribution in [3.63, 3.8) is 0 Å². The van der Waals surface area contributed by atoms with Crippen molar-refractivity contribution < 1.29 is 23.1 Å². The van der Waals surface area contributed by atoms with Crippen LogP contribution in [0.15, 0.2) is 18.5 Å². The smallest absolute Gasteiger partial charge is 0.384 e. The molecule has 0 saturated heterocycles. The van der Waals surface area contributed by atoms with Crippen LogP contribution in [0.2, 0.25) is 0 Å². The number of hydrogen-bond acceptors (Lipinski definition) is 3. The van der Waals surface area contributed by atoms with E-state index in [0.717, 1.165) is 0 Å². The number of carbonyl (C=O) groups excluding carboxylic acids is 1. The molecule has 0 aliphatic heterocycles. The van der Waals surface area contributed by atoms with Crippen LogP contribution in [0, 0.1) is 11.8 Å². The molecular weight excluding hydrogens is 249 g/mol. The molecule has 0 aromatic carbocycles. The lowest BCUT2D eigenvalue weighted by atomic mass is 10.1. The third kappa shape index (κ3) is 4.43. The average Bonchev–Trinajstić information content (AvgIpc) is 2.33. The highest BCUT2D eigenvalue weighted by Gasteiger charge is 2.28. The fourth-order valence-corrected chi connectivity index (χ4v) is 1.10.